The van der Waals surface area contributed by atoms with Gasteiger partial charge in [-0.3, -0.25) is 0 Å². The second-order valence-electron chi connectivity index (χ2n) is 9.05. The van der Waals surface area contributed by atoms with Crippen LogP contribution in [0.3, 0.4) is 0 Å². The van der Waals surface area contributed by atoms with E-state index in [-0.39, 0.29) is 28.9 Å². The largest absolute Gasteiger partial charge is 0.507 e. The molecule has 2 aliphatic rings. The maximum atomic E-state index is 10.5. The van der Waals surface area contributed by atoms with Gasteiger partial charge >= 0.3 is 6.01 Å². The summed E-state index contributed by atoms with van der Waals surface area (Å²) in [7, 11) is 0. The first-order valence-corrected chi connectivity index (χ1v) is 10.4. The second kappa shape index (κ2) is 7.05. The molecule has 0 aliphatic carbocycles. The molecule has 2 bridgehead atoms. The molecule has 8 nitrogen and oxygen atoms in total. The molecule has 1 aromatic carbocycles. The number of hydrogen-bond acceptors (Lipinski definition) is 7. The van der Waals surface area contributed by atoms with Crippen molar-refractivity contribution in [3.63, 3.8) is 0 Å². The maximum Gasteiger partial charge on any atom is 0.335 e. The van der Waals surface area contributed by atoms with Crippen molar-refractivity contribution in [3.8, 4) is 28.7 Å². The Morgan fingerprint density at radius 3 is 2.60 bits per heavy atom. The molecule has 0 saturated carbocycles. The number of fused-ring (bicyclic) bond motifs is 2. The standard InChI is InChI=1S/C22H26N6O2/c1-21-6-3-7-22(2,27-21)12-16(11-21)30-20-24-13-18(25-26-20)17-5-4-15(10-19(17)29)28-9-8-23-14-28/h4-5,8-10,13-14,16,27,29H,3,6-7,11-12H2,1-2H3/t16?,21-,22+. The number of phenols is 1. The summed E-state index contributed by atoms with van der Waals surface area (Å²) in [4.78, 5) is 8.38. The van der Waals surface area contributed by atoms with Gasteiger partial charge in [-0.2, -0.15) is 0 Å². The van der Waals surface area contributed by atoms with Crippen LogP contribution >= 0.6 is 0 Å². The molecule has 5 rings (SSSR count). The highest BCUT2D eigenvalue weighted by Gasteiger charge is 2.46. The number of ether oxygens (including phenoxy) is 1. The van der Waals surface area contributed by atoms with Gasteiger partial charge in [0.15, 0.2) is 0 Å². The molecule has 8 heteroatoms. The SMILES string of the molecule is C[C@]12CCC[C@](C)(CC(Oc3ncc(-c4ccc(-n5ccnc5)cc4O)nn3)C1)N2. The van der Waals surface area contributed by atoms with Crippen molar-refractivity contribution in [2.24, 2.45) is 0 Å². The van der Waals surface area contributed by atoms with E-state index in [0.717, 1.165) is 31.4 Å². The molecule has 2 saturated heterocycles. The number of phenolic OH excluding ortho intramolecular Hbond substituents is 1. The predicted molar refractivity (Wildman–Crippen MR) is 111 cm³/mol. The predicted octanol–water partition coefficient (Wildman–Crippen LogP) is 3.26. The smallest absolute Gasteiger partial charge is 0.335 e. The molecule has 4 heterocycles. The van der Waals surface area contributed by atoms with Gasteiger partial charge in [-0.1, -0.05) is 5.10 Å². The van der Waals surface area contributed by atoms with Crippen LogP contribution < -0.4 is 10.1 Å². The van der Waals surface area contributed by atoms with Crippen LogP contribution in [0.2, 0.25) is 0 Å². The average molecular weight is 406 g/mol. The normalized spacial score (nSPS) is 28.3. The highest BCUT2D eigenvalue weighted by molar-refractivity contribution is 5.67. The molecule has 0 amide bonds. The third-order valence-corrected chi connectivity index (χ3v) is 6.29. The van der Waals surface area contributed by atoms with Crippen molar-refractivity contribution in [1.29, 1.82) is 0 Å². The molecule has 2 fully saturated rings. The maximum absolute atomic E-state index is 10.5. The fourth-order valence-electron chi connectivity index (χ4n) is 5.09. The lowest BCUT2D eigenvalue weighted by Gasteiger charge is -2.53. The van der Waals surface area contributed by atoms with Crippen molar-refractivity contribution in [2.45, 2.75) is 63.1 Å². The van der Waals surface area contributed by atoms with E-state index >= 15 is 0 Å². The molecular formula is C22H26N6O2. The Balaban J connectivity index is 1.31. The Morgan fingerprint density at radius 2 is 1.97 bits per heavy atom. The van der Waals surface area contributed by atoms with Gasteiger partial charge in [0.1, 0.15) is 17.5 Å². The summed E-state index contributed by atoms with van der Waals surface area (Å²) >= 11 is 0. The van der Waals surface area contributed by atoms with E-state index in [4.69, 9.17) is 4.74 Å². The number of hydrogen-bond donors (Lipinski definition) is 2. The number of benzene rings is 1. The molecule has 2 N–H and O–H groups in total. The molecule has 0 spiro atoms. The Labute approximate surface area is 175 Å². The van der Waals surface area contributed by atoms with Crippen LogP contribution in [0.4, 0.5) is 0 Å². The molecule has 3 aromatic rings. The highest BCUT2D eigenvalue weighted by atomic mass is 16.5. The Kier molecular flexibility index (Phi) is 4.47. The van der Waals surface area contributed by atoms with E-state index in [1.54, 1.807) is 30.9 Å². The summed E-state index contributed by atoms with van der Waals surface area (Å²) in [6.45, 7) is 4.55. The van der Waals surface area contributed by atoms with Gasteiger partial charge in [0.05, 0.1) is 18.2 Å². The fourth-order valence-corrected chi connectivity index (χ4v) is 5.09. The van der Waals surface area contributed by atoms with Crippen molar-refractivity contribution < 1.29 is 9.84 Å². The zero-order chi connectivity index (χ0) is 20.8. The lowest BCUT2D eigenvalue weighted by atomic mass is 9.70. The van der Waals surface area contributed by atoms with Gasteiger partial charge in [0.2, 0.25) is 0 Å². The summed E-state index contributed by atoms with van der Waals surface area (Å²) < 4.78 is 7.93. The summed E-state index contributed by atoms with van der Waals surface area (Å²) in [6, 6.07) is 5.63. The Bertz CT molecular complexity index is 1020. The lowest BCUT2D eigenvalue weighted by molar-refractivity contribution is 0.00513. The van der Waals surface area contributed by atoms with Gasteiger partial charge in [0.25, 0.3) is 0 Å². The number of aromatic nitrogens is 5. The van der Waals surface area contributed by atoms with Crippen molar-refractivity contribution in [3.05, 3.63) is 43.1 Å². The summed E-state index contributed by atoms with van der Waals surface area (Å²) in [6.07, 6.45) is 12.3. The van der Waals surface area contributed by atoms with E-state index in [1.807, 2.05) is 16.8 Å². The molecule has 3 atom stereocenters. The molecule has 30 heavy (non-hydrogen) atoms. The molecule has 1 unspecified atom stereocenters. The second-order valence-corrected chi connectivity index (χ2v) is 9.05. The van der Waals surface area contributed by atoms with Crippen molar-refractivity contribution in [1.82, 2.24) is 30.0 Å². The first kappa shape index (κ1) is 19.0. The molecule has 2 aromatic heterocycles. The van der Waals surface area contributed by atoms with Gasteiger partial charge < -0.3 is 19.7 Å². The molecule has 2 aliphatic heterocycles. The van der Waals surface area contributed by atoms with Gasteiger partial charge in [-0.05, 0) is 45.2 Å². The third kappa shape index (κ3) is 3.63. The van der Waals surface area contributed by atoms with Crippen LogP contribution in [0.5, 0.6) is 11.8 Å². The van der Waals surface area contributed by atoms with E-state index < -0.39 is 0 Å². The summed E-state index contributed by atoms with van der Waals surface area (Å²) in [5, 5.41) is 22.7. The van der Waals surface area contributed by atoms with Crippen molar-refractivity contribution in [2.75, 3.05) is 0 Å². The number of nitrogens with one attached hydrogen (secondary N) is 1. The first-order valence-electron chi connectivity index (χ1n) is 10.4. The highest BCUT2D eigenvalue weighted by Crippen LogP contribution is 2.40. The number of rotatable bonds is 4. The van der Waals surface area contributed by atoms with E-state index in [0.29, 0.717) is 11.3 Å². The number of aromatic hydroxyl groups is 1. The minimum Gasteiger partial charge on any atom is -0.507 e. The number of imidazole rings is 1. The Morgan fingerprint density at radius 1 is 1.17 bits per heavy atom. The number of nitrogens with zero attached hydrogens (tertiary/aromatic N) is 5. The van der Waals surface area contributed by atoms with Crippen LogP contribution in [0.15, 0.2) is 43.1 Å². The fraction of sp³-hybridized carbons (Fsp3) is 0.455. The van der Waals surface area contributed by atoms with Crippen LogP contribution in [0, 0.1) is 0 Å². The van der Waals surface area contributed by atoms with Gasteiger partial charge in [0, 0.05) is 47.9 Å². The van der Waals surface area contributed by atoms with Crippen LogP contribution in [-0.2, 0) is 0 Å². The third-order valence-electron chi connectivity index (χ3n) is 6.29. The first-order chi connectivity index (χ1) is 14.4. The van der Waals surface area contributed by atoms with Crippen LogP contribution in [-0.4, -0.2) is 47.0 Å². The van der Waals surface area contributed by atoms with E-state index in [1.165, 1.54) is 6.42 Å². The molecule has 0 radical (unpaired) electrons. The zero-order valence-corrected chi connectivity index (χ0v) is 17.2. The monoisotopic (exact) mass is 406 g/mol. The lowest BCUT2D eigenvalue weighted by Crippen LogP contribution is -2.65. The average Bonchev–Trinajstić information content (AvgIpc) is 3.22. The minimum absolute atomic E-state index is 0.0667. The quantitative estimate of drug-likeness (QED) is 0.686. The minimum atomic E-state index is 0.0667. The Hall–Kier alpha value is -3.00. The van der Waals surface area contributed by atoms with Gasteiger partial charge in [-0.25, -0.2) is 9.97 Å². The van der Waals surface area contributed by atoms with E-state index in [2.05, 4.69) is 39.3 Å². The number of piperidine rings is 2. The summed E-state index contributed by atoms with van der Waals surface area (Å²) in [5.74, 6) is 0.109. The van der Waals surface area contributed by atoms with E-state index in [9.17, 15) is 5.11 Å². The molecule has 156 valence electrons. The van der Waals surface area contributed by atoms with Crippen LogP contribution in [0.1, 0.15) is 46.0 Å². The van der Waals surface area contributed by atoms with Crippen molar-refractivity contribution >= 4 is 0 Å². The zero-order valence-electron chi connectivity index (χ0n) is 17.2. The molecular weight excluding hydrogens is 380 g/mol. The van der Waals surface area contributed by atoms with Crippen LogP contribution in [0.25, 0.3) is 16.9 Å². The topological polar surface area (TPSA) is 98.0 Å². The van der Waals surface area contributed by atoms with Gasteiger partial charge in [-0.15, -0.1) is 5.10 Å². The summed E-state index contributed by atoms with van der Waals surface area (Å²) in [5.41, 5.74) is 2.09.